The van der Waals surface area contributed by atoms with Gasteiger partial charge in [0.15, 0.2) is 5.43 Å². The number of hydrogen-bond donors (Lipinski definition) is 1. The Hall–Kier alpha value is -3.16. The molecular weight excluding hydrogens is 314 g/mol. The Bertz CT molecular complexity index is 831. The molecule has 0 aliphatic heterocycles. The van der Waals surface area contributed by atoms with Gasteiger partial charge in [-0.25, -0.2) is 0 Å². The van der Waals surface area contributed by atoms with Crippen LogP contribution in [0.15, 0.2) is 35.1 Å². The number of benzene rings is 1. The fraction of sp³-hybridized carbons (Fsp3) is 0.250. The molecule has 1 amide bonds. The van der Waals surface area contributed by atoms with Crippen LogP contribution in [0.1, 0.15) is 11.4 Å². The fourth-order valence-electron chi connectivity index (χ4n) is 2.38. The Kier molecular flexibility index (Phi) is 4.98. The van der Waals surface area contributed by atoms with Crippen molar-refractivity contribution in [3.8, 4) is 5.75 Å². The number of aryl methyl sites for hydroxylation is 2. The van der Waals surface area contributed by atoms with Gasteiger partial charge < -0.3 is 14.6 Å². The second-order valence-electron chi connectivity index (χ2n) is 5.25. The minimum Gasteiger partial charge on any atom is -0.495 e. The van der Waals surface area contributed by atoms with E-state index in [0.29, 0.717) is 17.1 Å². The zero-order valence-electron chi connectivity index (χ0n) is 13.5. The van der Waals surface area contributed by atoms with Crippen LogP contribution in [0.5, 0.6) is 5.75 Å². The van der Waals surface area contributed by atoms with Gasteiger partial charge in [0.2, 0.25) is 5.91 Å². The SMILES string of the molecule is COc1ccc([N+](=O)[O-])cc1NC(=O)Cn1c(C)cc(=O)cc1C. The number of nitro benzene ring substituents is 1. The molecule has 0 saturated heterocycles. The van der Waals surface area contributed by atoms with Crippen LogP contribution in [0.25, 0.3) is 0 Å². The van der Waals surface area contributed by atoms with Crippen LogP contribution < -0.4 is 15.5 Å². The largest absolute Gasteiger partial charge is 0.495 e. The van der Waals surface area contributed by atoms with Crippen LogP contribution in [-0.2, 0) is 11.3 Å². The van der Waals surface area contributed by atoms with E-state index in [-0.39, 0.29) is 29.3 Å². The molecule has 0 fully saturated rings. The molecule has 8 nitrogen and oxygen atoms in total. The summed E-state index contributed by atoms with van der Waals surface area (Å²) in [7, 11) is 1.41. The molecule has 0 aliphatic carbocycles. The van der Waals surface area contributed by atoms with Gasteiger partial charge in [0.25, 0.3) is 5.69 Å². The van der Waals surface area contributed by atoms with Crippen molar-refractivity contribution in [2.45, 2.75) is 20.4 Å². The van der Waals surface area contributed by atoms with Crippen molar-refractivity contribution in [3.63, 3.8) is 0 Å². The predicted molar refractivity (Wildman–Crippen MR) is 88.5 cm³/mol. The first kappa shape index (κ1) is 17.2. The summed E-state index contributed by atoms with van der Waals surface area (Å²) < 4.78 is 6.79. The number of methoxy groups -OCH3 is 1. The monoisotopic (exact) mass is 331 g/mol. The van der Waals surface area contributed by atoms with Crippen LogP contribution in [0.4, 0.5) is 11.4 Å². The maximum atomic E-state index is 12.3. The minimum absolute atomic E-state index is 0.0240. The van der Waals surface area contributed by atoms with Gasteiger partial charge in [-0.05, 0) is 19.9 Å². The molecule has 2 aromatic rings. The van der Waals surface area contributed by atoms with Crippen molar-refractivity contribution in [1.29, 1.82) is 0 Å². The van der Waals surface area contributed by atoms with E-state index in [0.717, 1.165) is 0 Å². The van der Waals surface area contributed by atoms with Gasteiger partial charge in [0, 0.05) is 35.7 Å². The Morgan fingerprint density at radius 1 is 1.25 bits per heavy atom. The number of non-ortho nitro benzene ring substituents is 1. The molecule has 0 aliphatic rings. The van der Waals surface area contributed by atoms with Crippen LogP contribution in [-0.4, -0.2) is 22.5 Å². The maximum Gasteiger partial charge on any atom is 0.271 e. The highest BCUT2D eigenvalue weighted by Crippen LogP contribution is 2.28. The Balaban J connectivity index is 2.26. The molecule has 0 bridgehead atoms. The van der Waals surface area contributed by atoms with Crippen molar-refractivity contribution < 1.29 is 14.5 Å². The summed E-state index contributed by atoms with van der Waals surface area (Å²) in [4.78, 5) is 34.0. The van der Waals surface area contributed by atoms with Crippen LogP contribution in [0.3, 0.4) is 0 Å². The van der Waals surface area contributed by atoms with Crippen molar-refractivity contribution in [2.24, 2.45) is 0 Å². The first-order valence-corrected chi connectivity index (χ1v) is 7.12. The van der Waals surface area contributed by atoms with E-state index in [9.17, 15) is 19.7 Å². The normalized spacial score (nSPS) is 10.3. The van der Waals surface area contributed by atoms with E-state index in [2.05, 4.69) is 5.32 Å². The fourth-order valence-corrected chi connectivity index (χ4v) is 2.38. The number of ether oxygens (including phenoxy) is 1. The molecule has 8 heteroatoms. The quantitative estimate of drug-likeness (QED) is 0.667. The summed E-state index contributed by atoms with van der Waals surface area (Å²) in [5.41, 5.74) is 1.25. The number of carbonyl (C=O) groups excluding carboxylic acids is 1. The third kappa shape index (κ3) is 3.78. The summed E-state index contributed by atoms with van der Waals surface area (Å²) in [5.74, 6) is -0.0639. The molecular formula is C16H17N3O5. The van der Waals surface area contributed by atoms with Crippen molar-refractivity contribution in [1.82, 2.24) is 4.57 Å². The molecule has 1 aromatic carbocycles. The molecule has 1 aromatic heterocycles. The van der Waals surface area contributed by atoms with E-state index in [1.807, 2.05) is 0 Å². The third-order valence-corrected chi connectivity index (χ3v) is 3.52. The number of nitro groups is 1. The second-order valence-corrected chi connectivity index (χ2v) is 5.25. The molecule has 0 atom stereocenters. The van der Waals surface area contributed by atoms with E-state index in [1.54, 1.807) is 18.4 Å². The molecule has 0 spiro atoms. The first-order valence-electron chi connectivity index (χ1n) is 7.12. The number of rotatable bonds is 5. The lowest BCUT2D eigenvalue weighted by Crippen LogP contribution is -2.23. The summed E-state index contributed by atoms with van der Waals surface area (Å²) in [6.07, 6.45) is 0. The number of pyridine rings is 1. The van der Waals surface area contributed by atoms with Crippen LogP contribution in [0, 0.1) is 24.0 Å². The molecule has 1 heterocycles. The summed E-state index contributed by atoms with van der Waals surface area (Å²) in [6, 6.07) is 6.83. The van der Waals surface area contributed by atoms with Crippen LogP contribution >= 0.6 is 0 Å². The number of nitrogens with one attached hydrogen (secondary N) is 1. The van der Waals surface area contributed by atoms with Crippen molar-refractivity contribution in [2.75, 3.05) is 12.4 Å². The molecule has 1 N–H and O–H groups in total. The Morgan fingerprint density at radius 2 is 1.88 bits per heavy atom. The molecule has 0 radical (unpaired) electrons. The van der Waals surface area contributed by atoms with E-state index >= 15 is 0 Å². The molecule has 0 saturated carbocycles. The van der Waals surface area contributed by atoms with E-state index in [4.69, 9.17) is 4.74 Å². The number of nitrogens with zero attached hydrogens (tertiary/aromatic N) is 2. The zero-order chi connectivity index (χ0) is 17.9. The lowest BCUT2D eigenvalue weighted by Gasteiger charge is -2.15. The van der Waals surface area contributed by atoms with Gasteiger partial charge in [-0.1, -0.05) is 0 Å². The summed E-state index contributed by atoms with van der Waals surface area (Å²) >= 11 is 0. The highest BCUT2D eigenvalue weighted by atomic mass is 16.6. The number of amides is 1. The predicted octanol–water partition coefficient (Wildman–Crippen LogP) is 2.02. The Morgan fingerprint density at radius 3 is 2.42 bits per heavy atom. The van der Waals surface area contributed by atoms with Gasteiger partial charge in [-0.2, -0.15) is 0 Å². The average Bonchev–Trinajstić information content (AvgIpc) is 2.50. The first-order chi connectivity index (χ1) is 11.3. The van der Waals surface area contributed by atoms with Gasteiger partial charge in [0.1, 0.15) is 12.3 Å². The zero-order valence-corrected chi connectivity index (χ0v) is 13.5. The molecule has 0 unspecified atom stereocenters. The van der Waals surface area contributed by atoms with Gasteiger partial charge >= 0.3 is 0 Å². The molecule has 126 valence electrons. The van der Waals surface area contributed by atoms with Gasteiger partial charge in [-0.15, -0.1) is 0 Å². The standard InChI is InChI=1S/C16H17N3O5/c1-10-6-13(20)7-11(2)18(10)9-16(21)17-14-8-12(19(22)23)4-5-15(14)24-3/h4-8H,9H2,1-3H3,(H,17,21). The van der Waals surface area contributed by atoms with Crippen molar-refractivity contribution in [3.05, 3.63) is 62.1 Å². The number of carbonyl (C=O) groups is 1. The summed E-state index contributed by atoms with van der Waals surface area (Å²) in [6.45, 7) is 3.44. The summed E-state index contributed by atoms with van der Waals surface area (Å²) in [5, 5.41) is 13.5. The number of hydrogen-bond acceptors (Lipinski definition) is 5. The lowest BCUT2D eigenvalue weighted by molar-refractivity contribution is -0.384. The lowest BCUT2D eigenvalue weighted by atomic mass is 10.2. The maximum absolute atomic E-state index is 12.3. The van der Waals surface area contributed by atoms with E-state index in [1.165, 1.54) is 37.4 Å². The van der Waals surface area contributed by atoms with Crippen molar-refractivity contribution >= 4 is 17.3 Å². The highest BCUT2D eigenvalue weighted by Gasteiger charge is 2.14. The smallest absolute Gasteiger partial charge is 0.271 e. The highest BCUT2D eigenvalue weighted by molar-refractivity contribution is 5.92. The number of anilines is 1. The van der Waals surface area contributed by atoms with E-state index < -0.39 is 4.92 Å². The van der Waals surface area contributed by atoms with Gasteiger partial charge in [-0.3, -0.25) is 19.7 Å². The second kappa shape index (κ2) is 6.95. The molecule has 2 rings (SSSR count). The number of aromatic nitrogens is 1. The Labute approximate surface area is 137 Å². The molecule has 24 heavy (non-hydrogen) atoms. The topological polar surface area (TPSA) is 103 Å². The minimum atomic E-state index is -0.550. The average molecular weight is 331 g/mol. The third-order valence-electron chi connectivity index (χ3n) is 3.52. The van der Waals surface area contributed by atoms with Gasteiger partial charge in [0.05, 0.1) is 17.7 Å². The van der Waals surface area contributed by atoms with Crippen LogP contribution in [0.2, 0.25) is 0 Å².